The number of carbonyl (C=O) groups excluding carboxylic acids is 2. The molecule has 0 unspecified atom stereocenters. The molecule has 0 radical (unpaired) electrons. The van der Waals surface area contributed by atoms with Gasteiger partial charge in [-0.1, -0.05) is 68.2 Å². The first-order valence-corrected chi connectivity index (χ1v) is 24.9. The Balaban J connectivity index is 1.60. The van der Waals surface area contributed by atoms with Crippen LogP contribution in [0.1, 0.15) is 151 Å². The second-order valence-electron chi connectivity index (χ2n) is 20.2. The Morgan fingerprint density at radius 2 is 1.67 bits per heavy atom. The van der Waals surface area contributed by atoms with Gasteiger partial charge in [0.05, 0.1) is 24.8 Å². The first-order valence-electron chi connectivity index (χ1n) is 22.0. The summed E-state index contributed by atoms with van der Waals surface area (Å²) in [6.45, 7) is 27.0. The molecule has 2 heterocycles. The van der Waals surface area contributed by atoms with Crippen molar-refractivity contribution in [2.75, 3.05) is 45.3 Å². The summed E-state index contributed by atoms with van der Waals surface area (Å²) >= 11 is 0. The summed E-state index contributed by atoms with van der Waals surface area (Å²) in [5, 5.41) is 21.0. The minimum Gasteiger partial charge on any atom is -0.508 e. The molecule has 2 aromatic rings. The van der Waals surface area contributed by atoms with E-state index in [2.05, 4.69) is 96.8 Å². The Labute approximate surface area is 348 Å². The molecule has 6 rings (SSSR count). The number of aromatic nitrogens is 1. The van der Waals surface area contributed by atoms with Crippen molar-refractivity contribution in [2.24, 2.45) is 17.3 Å². The standard InChI is InChI=1S/C46H72N4O7Si/c1-14-16-22-54-33-26-30(27-47-28(3)44(4,5)6)37(50-20-18-19-21-50)31-24-29-25-32-38(49(10)11)40-36(43(48-56-40)55-23-17-15-2)42(53)46(32,57-58(12,13)45(7,8)9)41(52)34(29)39(51)35(31)33/h26,28-29,32,38,47,52H,14-25,27H2,1-13H3/t28-,29+,32+,38+,46+/m1/s1. The lowest BCUT2D eigenvalue weighted by Gasteiger charge is -2.55. The monoisotopic (exact) mass is 821 g/mol. The van der Waals surface area contributed by atoms with Crippen LogP contribution in [-0.4, -0.2) is 87.1 Å². The zero-order chi connectivity index (χ0) is 42.5. The highest BCUT2D eigenvalue weighted by Gasteiger charge is 2.67. The predicted molar refractivity (Wildman–Crippen MR) is 232 cm³/mol. The SMILES string of the molecule is CCCCOc1cc(CN[C@H](C)C(C)(C)C)c(N2CCCC2)c2c1C(=O)C1=C(O)[C@]3(O[Si](C)(C)C(C)(C)C)C(=O)c4c(OCCCC)noc4[C@@H](N(C)C)[C@@H]3C[C@@H]1C2. The Morgan fingerprint density at radius 1 is 1.03 bits per heavy atom. The molecule has 1 aliphatic heterocycles. The van der Waals surface area contributed by atoms with E-state index in [0.29, 0.717) is 49.7 Å². The third-order valence-electron chi connectivity index (χ3n) is 13.9. The lowest BCUT2D eigenvalue weighted by Crippen LogP contribution is -2.65. The van der Waals surface area contributed by atoms with Crippen molar-refractivity contribution in [1.82, 2.24) is 15.4 Å². The van der Waals surface area contributed by atoms with Gasteiger partial charge in [-0.15, -0.1) is 0 Å². The number of unbranched alkanes of at least 4 members (excludes halogenated alkanes) is 2. The van der Waals surface area contributed by atoms with Gasteiger partial charge in [0.1, 0.15) is 17.1 Å². The van der Waals surface area contributed by atoms with E-state index in [9.17, 15) is 5.11 Å². The molecule has 0 saturated carbocycles. The molecule has 5 atom stereocenters. The molecular formula is C46H72N4O7Si. The first-order chi connectivity index (χ1) is 27.2. The van der Waals surface area contributed by atoms with Gasteiger partial charge in [0.2, 0.25) is 5.78 Å². The molecule has 3 aliphatic carbocycles. The molecule has 58 heavy (non-hydrogen) atoms. The van der Waals surface area contributed by atoms with Crippen LogP contribution in [0.3, 0.4) is 0 Å². The molecule has 0 amide bonds. The van der Waals surface area contributed by atoms with Crippen molar-refractivity contribution in [3.8, 4) is 11.6 Å². The number of nitrogens with zero attached hydrogens (tertiary/aromatic N) is 3. The summed E-state index contributed by atoms with van der Waals surface area (Å²) in [5.74, 6) is -0.870. The highest BCUT2D eigenvalue weighted by atomic mass is 28.4. The molecule has 0 spiro atoms. The van der Waals surface area contributed by atoms with Crippen LogP contribution < -0.4 is 19.7 Å². The number of benzene rings is 1. The maximum absolute atomic E-state index is 15.6. The van der Waals surface area contributed by atoms with Crippen molar-refractivity contribution in [1.29, 1.82) is 0 Å². The van der Waals surface area contributed by atoms with Crippen LogP contribution in [0.2, 0.25) is 18.1 Å². The van der Waals surface area contributed by atoms with Gasteiger partial charge in [-0.3, -0.25) is 14.5 Å². The maximum atomic E-state index is 15.6. The number of nitrogens with one attached hydrogen (secondary N) is 1. The lowest BCUT2D eigenvalue weighted by atomic mass is 9.58. The van der Waals surface area contributed by atoms with Crippen LogP contribution in [0.4, 0.5) is 5.69 Å². The van der Waals surface area contributed by atoms with Crippen molar-refractivity contribution in [2.45, 2.75) is 156 Å². The second kappa shape index (κ2) is 16.7. The van der Waals surface area contributed by atoms with Gasteiger partial charge in [0.25, 0.3) is 5.88 Å². The Hall–Kier alpha value is -3.19. The molecule has 322 valence electrons. The number of ether oxygens (including phenoxy) is 2. The quantitative estimate of drug-likeness (QED) is 0.132. The van der Waals surface area contributed by atoms with Crippen LogP contribution in [-0.2, 0) is 17.4 Å². The largest absolute Gasteiger partial charge is 0.508 e. The zero-order valence-corrected chi connectivity index (χ0v) is 38.8. The zero-order valence-electron chi connectivity index (χ0n) is 37.8. The number of aliphatic hydroxyl groups is 1. The van der Waals surface area contributed by atoms with E-state index >= 15 is 9.59 Å². The van der Waals surface area contributed by atoms with Gasteiger partial charge < -0.3 is 33.7 Å². The number of hydrogen-bond donors (Lipinski definition) is 2. The van der Waals surface area contributed by atoms with Crippen LogP contribution >= 0.6 is 0 Å². The van der Waals surface area contributed by atoms with E-state index in [0.717, 1.165) is 68.4 Å². The summed E-state index contributed by atoms with van der Waals surface area (Å²) in [6.07, 6.45) is 6.60. The summed E-state index contributed by atoms with van der Waals surface area (Å²) in [7, 11) is 1.09. The molecule has 0 bridgehead atoms. The van der Waals surface area contributed by atoms with Crippen molar-refractivity contribution < 1.29 is 33.1 Å². The van der Waals surface area contributed by atoms with Gasteiger partial charge in [0, 0.05) is 42.9 Å². The molecule has 4 aliphatic rings. The van der Waals surface area contributed by atoms with E-state index in [1.54, 1.807) is 0 Å². The number of rotatable bonds is 15. The third-order valence-corrected chi connectivity index (χ3v) is 18.4. The minimum absolute atomic E-state index is 0.0585. The normalized spacial score (nSPS) is 24.2. The number of Topliss-reactive ketones (excluding diaryl/α,β-unsaturated/α-hetero) is 2. The molecule has 1 aromatic heterocycles. The maximum Gasteiger partial charge on any atom is 0.265 e. The second-order valence-corrected chi connectivity index (χ2v) is 24.9. The molecule has 1 saturated heterocycles. The van der Waals surface area contributed by atoms with Crippen molar-refractivity contribution in [3.63, 3.8) is 0 Å². The minimum atomic E-state index is -2.83. The Bertz CT molecular complexity index is 1880. The number of ketones is 2. The number of hydrogen-bond acceptors (Lipinski definition) is 11. The number of allylic oxidation sites excluding steroid dienone is 1. The van der Waals surface area contributed by atoms with Gasteiger partial charge in [-0.25, -0.2) is 0 Å². The van der Waals surface area contributed by atoms with Crippen molar-refractivity contribution in [3.05, 3.63) is 45.4 Å². The fourth-order valence-electron chi connectivity index (χ4n) is 9.13. The van der Waals surface area contributed by atoms with Crippen LogP contribution in [0, 0.1) is 17.3 Å². The average molecular weight is 821 g/mol. The topological polar surface area (TPSA) is 127 Å². The number of carbonyl (C=O) groups is 2. The van der Waals surface area contributed by atoms with E-state index in [-0.39, 0.29) is 51.0 Å². The third kappa shape index (κ3) is 7.80. The molecule has 11 nitrogen and oxygen atoms in total. The summed E-state index contributed by atoms with van der Waals surface area (Å²) in [6, 6.07) is 1.82. The predicted octanol–water partition coefficient (Wildman–Crippen LogP) is 9.60. The van der Waals surface area contributed by atoms with Gasteiger partial charge >= 0.3 is 0 Å². The van der Waals surface area contributed by atoms with Crippen molar-refractivity contribution >= 4 is 25.6 Å². The lowest BCUT2D eigenvalue weighted by molar-refractivity contribution is -0.0480. The molecule has 1 fully saturated rings. The summed E-state index contributed by atoms with van der Waals surface area (Å²) < 4.78 is 26.1. The van der Waals surface area contributed by atoms with E-state index < -0.39 is 31.7 Å². The average Bonchev–Trinajstić information content (AvgIpc) is 3.81. The number of anilines is 1. The van der Waals surface area contributed by atoms with E-state index in [4.69, 9.17) is 18.4 Å². The van der Waals surface area contributed by atoms with Crippen LogP contribution in [0.15, 0.2) is 21.9 Å². The molecule has 12 heteroatoms. The Morgan fingerprint density at radius 3 is 2.26 bits per heavy atom. The Kier molecular flexibility index (Phi) is 12.8. The summed E-state index contributed by atoms with van der Waals surface area (Å²) in [4.78, 5) is 35.6. The highest BCUT2D eigenvalue weighted by Crippen LogP contribution is 2.60. The smallest absolute Gasteiger partial charge is 0.265 e. The summed E-state index contributed by atoms with van der Waals surface area (Å²) in [5.41, 5.74) is 2.39. The molecule has 1 aromatic carbocycles. The molecule has 2 N–H and O–H groups in total. The van der Waals surface area contributed by atoms with Crippen LogP contribution in [0.5, 0.6) is 11.6 Å². The first kappa shape index (κ1) is 44.4. The number of aliphatic hydroxyl groups excluding tert-OH is 1. The van der Waals surface area contributed by atoms with Gasteiger partial charge in [0.15, 0.2) is 25.5 Å². The van der Waals surface area contributed by atoms with E-state index in [1.165, 1.54) is 0 Å². The highest BCUT2D eigenvalue weighted by molar-refractivity contribution is 6.74. The fourth-order valence-corrected chi connectivity index (χ4v) is 10.6. The molecular weight excluding hydrogens is 749 g/mol. The van der Waals surface area contributed by atoms with Gasteiger partial charge in [-0.05, 0) is 111 Å². The van der Waals surface area contributed by atoms with Gasteiger partial charge in [-0.2, -0.15) is 0 Å². The van der Waals surface area contributed by atoms with Crippen LogP contribution in [0.25, 0.3) is 0 Å². The van der Waals surface area contributed by atoms with E-state index in [1.807, 2.05) is 19.0 Å². The fraction of sp³-hybridized carbons (Fsp3) is 0.717. The number of fused-ring (bicyclic) bond motifs is 4.